The van der Waals surface area contributed by atoms with Crippen LogP contribution in [-0.2, 0) is 26.1 Å². The van der Waals surface area contributed by atoms with Crippen molar-refractivity contribution in [3.8, 4) is 5.75 Å². The molecule has 2 N–H and O–H groups in total. The smallest absolute Gasteiger partial charge is 0.317 e. The van der Waals surface area contributed by atoms with Gasteiger partial charge in [-0.25, -0.2) is 13.2 Å². The summed E-state index contributed by atoms with van der Waals surface area (Å²) in [6.07, 6.45) is 0.0303. The first-order chi connectivity index (χ1) is 16.3. The number of nitrogens with one attached hydrogen (secondary N) is 2. The Balaban J connectivity index is 1.55. The van der Waals surface area contributed by atoms with Crippen molar-refractivity contribution in [3.63, 3.8) is 0 Å². The van der Waals surface area contributed by atoms with Gasteiger partial charge in [0.2, 0.25) is 15.9 Å². The lowest BCUT2D eigenvalue weighted by molar-refractivity contribution is -0.116. The van der Waals surface area contributed by atoms with Crippen LogP contribution >= 0.6 is 0 Å². The highest BCUT2D eigenvalue weighted by molar-refractivity contribution is 7.89. The number of morpholine rings is 1. The predicted octanol–water partition coefficient (Wildman–Crippen LogP) is 1.89. The number of ether oxygens (including phenoxy) is 2. The van der Waals surface area contributed by atoms with Crippen LogP contribution in [-0.4, -0.2) is 76.6 Å². The highest BCUT2D eigenvalue weighted by Crippen LogP contribution is 2.30. The molecule has 0 aromatic heterocycles. The summed E-state index contributed by atoms with van der Waals surface area (Å²) in [5, 5.41) is 5.39. The Labute approximate surface area is 199 Å². The molecule has 1 saturated heterocycles. The standard InChI is InChI=1S/C23H30N4O6S/c1-26(17-18-6-4-3-5-7-18)23(29)24-11-10-22(28)25-19-8-9-20(32-2)21(16-19)34(30,31)27-12-14-33-15-13-27/h3-9,16H,10-15,17H2,1-2H3,(H,24,29)(H,25,28). The largest absolute Gasteiger partial charge is 0.495 e. The van der Waals surface area contributed by atoms with Gasteiger partial charge in [0, 0.05) is 45.3 Å². The fourth-order valence-electron chi connectivity index (χ4n) is 3.45. The number of benzene rings is 2. The third-order valence-electron chi connectivity index (χ3n) is 5.27. The Bertz CT molecular complexity index is 1090. The molecule has 2 aromatic carbocycles. The van der Waals surface area contributed by atoms with Crippen LogP contribution in [0.5, 0.6) is 5.75 Å². The zero-order valence-electron chi connectivity index (χ0n) is 19.3. The number of urea groups is 1. The van der Waals surface area contributed by atoms with Crippen molar-refractivity contribution in [2.24, 2.45) is 0 Å². The quantitative estimate of drug-likeness (QED) is 0.554. The number of nitrogens with zero attached hydrogens (tertiary/aromatic N) is 2. The lowest BCUT2D eigenvalue weighted by Gasteiger charge is -2.26. The molecule has 0 spiro atoms. The van der Waals surface area contributed by atoms with Crippen molar-refractivity contribution < 1.29 is 27.5 Å². The van der Waals surface area contributed by atoms with Gasteiger partial charge < -0.3 is 25.0 Å². The molecule has 2 aromatic rings. The summed E-state index contributed by atoms with van der Waals surface area (Å²) in [6, 6.07) is 13.7. The van der Waals surface area contributed by atoms with Crippen molar-refractivity contribution in [1.29, 1.82) is 0 Å². The zero-order chi connectivity index (χ0) is 24.6. The van der Waals surface area contributed by atoms with E-state index in [9.17, 15) is 18.0 Å². The zero-order valence-corrected chi connectivity index (χ0v) is 20.1. The lowest BCUT2D eigenvalue weighted by atomic mass is 10.2. The van der Waals surface area contributed by atoms with E-state index in [1.54, 1.807) is 13.1 Å². The van der Waals surface area contributed by atoms with E-state index in [-0.39, 0.29) is 48.6 Å². The summed E-state index contributed by atoms with van der Waals surface area (Å²) < 4.78 is 38.0. The Hall–Kier alpha value is -3.15. The third-order valence-corrected chi connectivity index (χ3v) is 7.19. The topological polar surface area (TPSA) is 117 Å². The Morgan fingerprint density at radius 1 is 1.12 bits per heavy atom. The van der Waals surface area contributed by atoms with Gasteiger partial charge in [-0.2, -0.15) is 4.31 Å². The highest BCUT2D eigenvalue weighted by Gasteiger charge is 2.29. The van der Waals surface area contributed by atoms with Gasteiger partial charge in [0.1, 0.15) is 10.6 Å². The molecule has 0 saturated carbocycles. The van der Waals surface area contributed by atoms with Crippen molar-refractivity contribution in [1.82, 2.24) is 14.5 Å². The van der Waals surface area contributed by atoms with Crippen molar-refractivity contribution in [3.05, 3.63) is 54.1 Å². The van der Waals surface area contributed by atoms with Crippen molar-refractivity contribution >= 4 is 27.6 Å². The molecular weight excluding hydrogens is 460 g/mol. The summed E-state index contributed by atoms with van der Waals surface area (Å²) in [4.78, 5) is 26.1. The first kappa shape index (κ1) is 25.5. The van der Waals surface area contributed by atoms with Crippen LogP contribution in [0.3, 0.4) is 0 Å². The molecule has 1 aliphatic heterocycles. The fraction of sp³-hybridized carbons (Fsp3) is 0.391. The number of rotatable bonds is 9. The summed E-state index contributed by atoms with van der Waals surface area (Å²) in [5.41, 5.74) is 1.32. The normalized spacial score (nSPS) is 14.3. The Morgan fingerprint density at radius 3 is 2.50 bits per heavy atom. The highest BCUT2D eigenvalue weighted by atomic mass is 32.2. The van der Waals surface area contributed by atoms with Crippen LogP contribution in [0.2, 0.25) is 0 Å². The molecule has 11 heteroatoms. The number of amides is 3. The molecule has 34 heavy (non-hydrogen) atoms. The van der Waals surface area contributed by atoms with Gasteiger partial charge in [-0.1, -0.05) is 30.3 Å². The minimum Gasteiger partial charge on any atom is -0.495 e. The van der Waals surface area contributed by atoms with Crippen LogP contribution < -0.4 is 15.4 Å². The number of carbonyl (C=O) groups is 2. The molecular formula is C23H30N4O6S. The monoisotopic (exact) mass is 490 g/mol. The number of hydrogen-bond acceptors (Lipinski definition) is 6. The number of hydrogen-bond donors (Lipinski definition) is 2. The predicted molar refractivity (Wildman–Crippen MR) is 127 cm³/mol. The van der Waals surface area contributed by atoms with Crippen molar-refractivity contribution in [2.75, 3.05) is 52.3 Å². The second kappa shape index (κ2) is 11.8. The summed E-state index contributed by atoms with van der Waals surface area (Å²) in [7, 11) is -0.743. The molecule has 184 valence electrons. The number of sulfonamides is 1. The molecule has 10 nitrogen and oxygen atoms in total. The molecule has 1 fully saturated rings. The maximum atomic E-state index is 13.1. The molecule has 0 atom stereocenters. The number of anilines is 1. The fourth-order valence-corrected chi connectivity index (χ4v) is 5.04. The summed E-state index contributed by atoms with van der Waals surface area (Å²) >= 11 is 0. The van der Waals surface area contributed by atoms with Crippen LogP contribution in [0.1, 0.15) is 12.0 Å². The van der Waals surface area contributed by atoms with E-state index in [0.717, 1.165) is 5.56 Å². The van der Waals surface area contributed by atoms with E-state index < -0.39 is 10.0 Å². The van der Waals surface area contributed by atoms with Crippen LogP contribution in [0.4, 0.5) is 10.5 Å². The van der Waals surface area contributed by atoms with E-state index >= 15 is 0 Å². The summed E-state index contributed by atoms with van der Waals surface area (Å²) in [6.45, 7) is 1.74. The van der Waals surface area contributed by atoms with E-state index in [2.05, 4.69) is 10.6 Å². The van der Waals surface area contributed by atoms with Gasteiger partial charge in [-0.15, -0.1) is 0 Å². The average Bonchev–Trinajstić information content (AvgIpc) is 2.85. The molecule has 1 aliphatic rings. The molecule has 0 aliphatic carbocycles. The van der Waals surface area contributed by atoms with E-state index in [1.807, 2.05) is 30.3 Å². The molecule has 0 bridgehead atoms. The lowest BCUT2D eigenvalue weighted by Crippen LogP contribution is -2.40. The molecule has 0 unspecified atom stereocenters. The Morgan fingerprint density at radius 2 is 1.82 bits per heavy atom. The second-order valence-electron chi connectivity index (χ2n) is 7.75. The van der Waals surface area contributed by atoms with E-state index in [4.69, 9.17) is 9.47 Å². The second-order valence-corrected chi connectivity index (χ2v) is 9.66. The molecule has 1 heterocycles. The van der Waals surface area contributed by atoms with Crippen LogP contribution in [0.15, 0.2) is 53.4 Å². The maximum absolute atomic E-state index is 13.1. The first-order valence-electron chi connectivity index (χ1n) is 10.9. The van der Waals surface area contributed by atoms with E-state index in [0.29, 0.717) is 25.4 Å². The van der Waals surface area contributed by atoms with Crippen LogP contribution in [0, 0.1) is 0 Å². The van der Waals surface area contributed by atoms with Gasteiger partial charge >= 0.3 is 6.03 Å². The van der Waals surface area contributed by atoms with Crippen molar-refractivity contribution in [2.45, 2.75) is 17.9 Å². The minimum absolute atomic E-state index is 0.0226. The summed E-state index contributed by atoms with van der Waals surface area (Å²) in [5.74, 6) is -0.163. The van der Waals surface area contributed by atoms with Crippen LogP contribution in [0.25, 0.3) is 0 Å². The van der Waals surface area contributed by atoms with Gasteiger partial charge in [0.15, 0.2) is 0 Å². The number of carbonyl (C=O) groups excluding carboxylic acids is 2. The third kappa shape index (κ3) is 6.69. The molecule has 3 amide bonds. The maximum Gasteiger partial charge on any atom is 0.317 e. The van der Waals surface area contributed by atoms with Gasteiger partial charge in [-0.05, 0) is 23.8 Å². The SMILES string of the molecule is COc1ccc(NC(=O)CCNC(=O)N(C)Cc2ccccc2)cc1S(=O)(=O)N1CCOCC1. The van der Waals surface area contributed by atoms with Gasteiger partial charge in [0.25, 0.3) is 0 Å². The number of methoxy groups -OCH3 is 1. The first-order valence-corrected chi connectivity index (χ1v) is 12.3. The molecule has 3 rings (SSSR count). The minimum atomic E-state index is -3.81. The molecule has 0 radical (unpaired) electrons. The Kier molecular flexibility index (Phi) is 8.85. The average molecular weight is 491 g/mol. The van der Waals surface area contributed by atoms with Gasteiger partial charge in [0.05, 0.1) is 20.3 Å². The van der Waals surface area contributed by atoms with E-state index in [1.165, 1.54) is 28.4 Å². The van der Waals surface area contributed by atoms with Gasteiger partial charge in [-0.3, -0.25) is 4.79 Å².